The first-order chi connectivity index (χ1) is 19.1. The van der Waals surface area contributed by atoms with Gasteiger partial charge in [-0.05, 0) is 89.5 Å². The van der Waals surface area contributed by atoms with E-state index in [0.29, 0.717) is 28.5 Å². The van der Waals surface area contributed by atoms with Crippen molar-refractivity contribution in [1.29, 1.82) is 0 Å². The van der Waals surface area contributed by atoms with Crippen LogP contribution in [0.1, 0.15) is 79.3 Å². The van der Waals surface area contributed by atoms with Crippen molar-refractivity contribution in [1.82, 2.24) is 20.2 Å². The number of nitrogens with zero attached hydrogens (tertiary/aromatic N) is 1. The molecule has 3 aromatic rings. The maximum atomic E-state index is 13.7. The third kappa shape index (κ3) is 4.82. The Morgan fingerprint density at radius 2 is 1.98 bits per heavy atom. The molecule has 40 heavy (non-hydrogen) atoms. The molecule has 2 unspecified atom stereocenters. The lowest BCUT2D eigenvalue weighted by atomic mass is 9.72. The zero-order valence-corrected chi connectivity index (χ0v) is 25.2. The molecule has 1 saturated heterocycles. The monoisotopic (exact) mass is 562 g/mol. The molecule has 3 fully saturated rings. The van der Waals surface area contributed by atoms with Crippen LogP contribution in [0.25, 0.3) is 10.9 Å². The van der Waals surface area contributed by atoms with Crippen LogP contribution in [0.5, 0.6) is 0 Å². The van der Waals surface area contributed by atoms with Gasteiger partial charge in [-0.2, -0.15) is 0 Å². The fraction of sp³-hybridized carbons (Fsp3) is 0.562. The number of fused-ring (bicyclic) bond motifs is 1. The summed E-state index contributed by atoms with van der Waals surface area (Å²) >= 11 is 1.53. The van der Waals surface area contributed by atoms with Gasteiger partial charge in [-0.3, -0.25) is 9.59 Å². The van der Waals surface area contributed by atoms with E-state index in [1.165, 1.54) is 43.9 Å². The predicted octanol–water partition coefficient (Wildman–Crippen LogP) is 5.49. The Labute approximate surface area is 240 Å². The number of aromatic nitrogens is 2. The van der Waals surface area contributed by atoms with E-state index in [9.17, 15) is 9.59 Å². The Kier molecular flexibility index (Phi) is 7.16. The molecule has 2 aromatic heterocycles. The van der Waals surface area contributed by atoms with Gasteiger partial charge in [-0.15, -0.1) is 11.8 Å². The topological polar surface area (TPSA) is 88.2 Å². The van der Waals surface area contributed by atoms with Gasteiger partial charge in [0, 0.05) is 51.4 Å². The maximum Gasteiger partial charge on any atom is 0.254 e. The summed E-state index contributed by atoms with van der Waals surface area (Å²) in [5.41, 5.74) is 4.64. The average molecular weight is 563 g/mol. The lowest BCUT2D eigenvalue weighted by Crippen LogP contribution is -2.63. The molecule has 1 spiro atoms. The number of carbonyl (C=O) groups excluding carboxylic acids is 1. The molecule has 3 heterocycles. The number of rotatable bonds is 8. The highest BCUT2D eigenvalue weighted by molar-refractivity contribution is 7.98. The van der Waals surface area contributed by atoms with Crippen molar-refractivity contribution < 1.29 is 9.53 Å². The van der Waals surface area contributed by atoms with Crippen LogP contribution in [0.4, 0.5) is 0 Å². The van der Waals surface area contributed by atoms with Crippen molar-refractivity contribution in [3.8, 4) is 0 Å². The molecule has 3 atom stereocenters. The standard InChI is InChI=1S/C32H42N4O3S/c1-19-14-26(40-5)24(29(37)34-19)16-33-30(38)28-21(3)36(25-9-7-6-8-23(25)28)20(2)22-10-11-27(32(15-22)12-13-32)35-31(4)17-39-18-31/h6-9,14,20,22,27,35H,10-13,15-18H2,1-5H3,(H,33,38)(H,34,37)/t20-,22?,27?/m1/s1. The minimum absolute atomic E-state index is 0.130. The molecule has 3 N–H and O–H groups in total. The van der Waals surface area contributed by atoms with Crippen molar-refractivity contribution in [3.63, 3.8) is 0 Å². The Hall–Kier alpha value is -2.55. The van der Waals surface area contributed by atoms with E-state index in [1.807, 2.05) is 25.3 Å². The molecule has 0 radical (unpaired) electrons. The highest BCUT2D eigenvalue weighted by atomic mass is 32.2. The summed E-state index contributed by atoms with van der Waals surface area (Å²) in [7, 11) is 0. The first kappa shape index (κ1) is 27.6. The highest BCUT2D eigenvalue weighted by Gasteiger charge is 2.55. The van der Waals surface area contributed by atoms with E-state index in [-0.39, 0.29) is 29.6 Å². The average Bonchev–Trinajstić information content (AvgIpc) is 3.61. The number of pyridine rings is 1. The number of aromatic amines is 1. The molecule has 1 aliphatic heterocycles. The number of hydrogen-bond acceptors (Lipinski definition) is 5. The first-order valence-corrected chi connectivity index (χ1v) is 15.9. The van der Waals surface area contributed by atoms with Gasteiger partial charge in [-0.25, -0.2) is 0 Å². The predicted molar refractivity (Wildman–Crippen MR) is 161 cm³/mol. The van der Waals surface area contributed by atoms with Crippen LogP contribution in [0.2, 0.25) is 0 Å². The normalized spacial score (nSPS) is 23.6. The molecular weight excluding hydrogens is 520 g/mol. The molecule has 3 aliphatic rings. The molecule has 6 rings (SSSR count). The van der Waals surface area contributed by atoms with Crippen LogP contribution in [0, 0.1) is 25.2 Å². The third-order valence-corrected chi connectivity index (χ3v) is 10.6. The van der Waals surface area contributed by atoms with Crippen molar-refractivity contribution in [2.24, 2.45) is 11.3 Å². The number of thioether (sulfide) groups is 1. The summed E-state index contributed by atoms with van der Waals surface area (Å²) in [6, 6.07) is 11.1. The van der Waals surface area contributed by atoms with E-state index in [0.717, 1.165) is 40.4 Å². The Morgan fingerprint density at radius 1 is 1.23 bits per heavy atom. The van der Waals surface area contributed by atoms with Crippen LogP contribution in [0.3, 0.4) is 0 Å². The van der Waals surface area contributed by atoms with Crippen LogP contribution >= 0.6 is 11.8 Å². The molecular formula is C32H42N4O3S. The first-order valence-electron chi connectivity index (χ1n) is 14.6. The molecule has 1 aromatic carbocycles. The highest BCUT2D eigenvalue weighted by Crippen LogP contribution is 2.59. The van der Waals surface area contributed by atoms with Crippen LogP contribution in [-0.4, -0.2) is 46.5 Å². The molecule has 8 heteroatoms. The molecule has 2 saturated carbocycles. The fourth-order valence-corrected chi connectivity index (χ4v) is 8.13. The molecule has 214 valence electrons. The van der Waals surface area contributed by atoms with Crippen LogP contribution in [-0.2, 0) is 11.3 Å². The lowest BCUT2D eigenvalue weighted by Gasteiger charge is -2.47. The fourth-order valence-electron chi connectivity index (χ4n) is 7.42. The summed E-state index contributed by atoms with van der Waals surface area (Å²) < 4.78 is 7.92. The van der Waals surface area contributed by atoms with E-state index >= 15 is 0 Å². The Bertz CT molecular complexity index is 1500. The summed E-state index contributed by atoms with van der Waals surface area (Å²) in [5, 5.41) is 8.02. The zero-order chi connectivity index (χ0) is 28.2. The second kappa shape index (κ2) is 10.4. The van der Waals surface area contributed by atoms with Gasteiger partial charge in [0.05, 0.1) is 24.3 Å². The van der Waals surface area contributed by atoms with Gasteiger partial charge in [0.1, 0.15) is 0 Å². The summed E-state index contributed by atoms with van der Waals surface area (Å²) in [4.78, 5) is 30.1. The lowest BCUT2D eigenvalue weighted by molar-refractivity contribution is -0.0775. The summed E-state index contributed by atoms with van der Waals surface area (Å²) in [5.74, 6) is 0.431. The van der Waals surface area contributed by atoms with E-state index < -0.39 is 0 Å². The van der Waals surface area contributed by atoms with Gasteiger partial charge in [-0.1, -0.05) is 18.2 Å². The summed E-state index contributed by atoms with van der Waals surface area (Å²) in [6.07, 6.45) is 8.16. The Morgan fingerprint density at radius 3 is 2.65 bits per heavy atom. The van der Waals surface area contributed by atoms with Crippen molar-refractivity contribution in [3.05, 3.63) is 63.2 Å². The molecule has 1 amide bonds. The zero-order valence-electron chi connectivity index (χ0n) is 24.4. The smallest absolute Gasteiger partial charge is 0.254 e. The van der Waals surface area contributed by atoms with Gasteiger partial charge < -0.3 is 24.9 Å². The number of benzene rings is 1. The van der Waals surface area contributed by atoms with Gasteiger partial charge >= 0.3 is 0 Å². The number of hydrogen-bond donors (Lipinski definition) is 3. The Balaban J connectivity index is 1.24. The SMILES string of the molecule is CSc1cc(C)[nH]c(=O)c1CNC(=O)c1c(C)n([C@H](C)C2CCC(NC3(C)COC3)C3(CC3)C2)c2ccccc12. The largest absolute Gasteiger partial charge is 0.377 e. The van der Waals surface area contributed by atoms with Gasteiger partial charge in [0.25, 0.3) is 11.5 Å². The second-order valence-corrected chi connectivity index (χ2v) is 13.6. The number of nitrogens with one attached hydrogen (secondary N) is 3. The van der Waals surface area contributed by atoms with E-state index in [4.69, 9.17) is 4.74 Å². The minimum Gasteiger partial charge on any atom is -0.377 e. The quantitative estimate of drug-likeness (QED) is 0.316. The number of para-hydroxylation sites is 1. The van der Waals surface area contributed by atoms with Crippen molar-refractivity contribution in [2.75, 3.05) is 19.5 Å². The minimum atomic E-state index is -0.143. The second-order valence-electron chi connectivity index (χ2n) is 12.8. The molecule has 0 bridgehead atoms. The molecule has 7 nitrogen and oxygen atoms in total. The van der Waals surface area contributed by atoms with Gasteiger partial charge in [0.15, 0.2) is 0 Å². The van der Waals surface area contributed by atoms with Crippen LogP contribution < -0.4 is 16.2 Å². The van der Waals surface area contributed by atoms with Crippen LogP contribution in [0.15, 0.2) is 40.0 Å². The number of ether oxygens (including phenoxy) is 1. The van der Waals surface area contributed by atoms with E-state index in [2.05, 4.69) is 59.2 Å². The maximum absolute atomic E-state index is 13.7. The third-order valence-electron chi connectivity index (χ3n) is 9.84. The number of carbonyl (C=O) groups is 1. The number of amides is 1. The molecule has 2 aliphatic carbocycles. The van der Waals surface area contributed by atoms with Gasteiger partial charge in [0.2, 0.25) is 0 Å². The summed E-state index contributed by atoms with van der Waals surface area (Å²) in [6.45, 7) is 10.4. The number of H-pyrrole nitrogens is 1. The van der Waals surface area contributed by atoms with Crippen molar-refractivity contribution >= 4 is 28.6 Å². The van der Waals surface area contributed by atoms with Crippen molar-refractivity contribution in [2.45, 2.75) is 88.9 Å². The number of aryl methyl sites for hydroxylation is 1. The van der Waals surface area contributed by atoms with E-state index in [1.54, 1.807) is 0 Å².